The second-order valence-corrected chi connectivity index (χ2v) is 5.87. The summed E-state index contributed by atoms with van der Waals surface area (Å²) in [5.41, 5.74) is 0.161. The summed E-state index contributed by atoms with van der Waals surface area (Å²) in [5.74, 6) is 0. The van der Waals surface area contributed by atoms with Gasteiger partial charge in [0.2, 0.25) is 0 Å². The second-order valence-electron chi connectivity index (χ2n) is 4.76. The van der Waals surface area contributed by atoms with Gasteiger partial charge in [-0.05, 0) is 6.92 Å². The molecule has 0 amide bonds. The van der Waals surface area contributed by atoms with Crippen LogP contribution >= 0.6 is 11.3 Å². The van der Waals surface area contributed by atoms with Crippen molar-refractivity contribution in [1.82, 2.24) is 10.3 Å². The zero-order valence-corrected chi connectivity index (χ0v) is 11.5. The number of hydrogen-bond donors (Lipinski definition) is 1. The number of ether oxygens (including phenoxy) is 1. The topological polar surface area (TPSA) is 34.1 Å². The van der Waals surface area contributed by atoms with Crippen LogP contribution in [0.3, 0.4) is 0 Å². The Morgan fingerprint density at radius 1 is 1.44 bits per heavy atom. The Kier molecular flexibility index (Phi) is 5.38. The van der Waals surface area contributed by atoms with E-state index in [1.54, 1.807) is 11.3 Å². The molecule has 0 aliphatic rings. The molecule has 1 aromatic heterocycles. The number of nitrogens with one attached hydrogen (secondary N) is 1. The lowest BCUT2D eigenvalue weighted by molar-refractivity contribution is 0.149. The van der Waals surface area contributed by atoms with Crippen molar-refractivity contribution in [2.24, 2.45) is 0 Å². The monoisotopic (exact) mass is 242 g/mol. The third-order valence-electron chi connectivity index (χ3n) is 2.12. The van der Waals surface area contributed by atoms with Crippen LogP contribution in [0.5, 0.6) is 0 Å². The van der Waals surface area contributed by atoms with Gasteiger partial charge < -0.3 is 10.1 Å². The number of nitrogens with zero attached hydrogens (tertiary/aromatic N) is 1. The average molecular weight is 242 g/mol. The van der Waals surface area contributed by atoms with Crippen molar-refractivity contribution in [1.29, 1.82) is 0 Å². The van der Waals surface area contributed by atoms with Crippen LogP contribution in [0.4, 0.5) is 0 Å². The highest BCUT2D eigenvalue weighted by atomic mass is 32.1. The Labute approximate surface area is 102 Å². The molecule has 16 heavy (non-hydrogen) atoms. The summed E-state index contributed by atoms with van der Waals surface area (Å²) in [6, 6.07) is 0. The zero-order valence-electron chi connectivity index (χ0n) is 10.7. The van der Waals surface area contributed by atoms with Crippen LogP contribution in [0.25, 0.3) is 0 Å². The van der Waals surface area contributed by atoms with Gasteiger partial charge in [0.15, 0.2) is 0 Å². The number of rotatable bonds is 6. The van der Waals surface area contributed by atoms with Gasteiger partial charge in [-0.3, -0.25) is 0 Å². The third-order valence-corrected chi connectivity index (χ3v) is 3.54. The molecule has 0 aromatic carbocycles. The highest BCUT2D eigenvalue weighted by Gasteiger charge is 2.17. The van der Waals surface area contributed by atoms with E-state index in [1.807, 2.05) is 13.1 Å². The van der Waals surface area contributed by atoms with Crippen molar-refractivity contribution in [3.63, 3.8) is 0 Å². The van der Waals surface area contributed by atoms with E-state index in [1.165, 1.54) is 9.88 Å². The van der Waals surface area contributed by atoms with E-state index in [0.29, 0.717) is 0 Å². The maximum Gasteiger partial charge on any atom is 0.0981 e. The van der Waals surface area contributed by atoms with Gasteiger partial charge in [-0.15, -0.1) is 11.3 Å². The summed E-state index contributed by atoms with van der Waals surface area (Å²) < 4.78 is 5.26. The molecular weight excluding hydrogens is 220 g/mol. The molecule has 0 saturated carbocycles. The first-order valence-corrected chi connectivity index (χ1v) is 6.59. The lowest BCUT2D eigenvalue weighted by Crippen LogP contribution is -2.18. The number of hydrogen-bond acceptors (Lipinski definition) is 4. The summed E-state index contributed by atoms with van der Waals surface area (Å²) >= 11 is 1.79. The van der Waals surface area contributed by atoms with Crippen LogP contribution < -0.4 is 5.32 Å². The molecule has 0 aliphatic carbocycles. The fourth-order valence-electron chi connectivity index (χ4n) is 1.24. The van der Waals surface area contributed by atoms with Gasteiger partial charge >= 0.3 is 0 Å². The molecular formula is C12H22N2OS. The molecule has 92 valence electrons. The molecule has 1 rings (SSSR count). The first kappa shape index (κ1) is 13.6. The molecule has 0 aliphatic heterocycles. The fraction of sp³-hybridized carbons (Fsp3) is 0.750. The minimum Gasteiger partial charge on any atom is -0.380 e. The summed E-state index contributed by atoms with van der Waals surface area (Å²) in [4.78, 5) is 5.74. The summed E-state index contributed by atoms with van der Waals surface area (Å²) in [6.45, 7) is 11.9. The van der Waals surface area contributed by atoms with E-state index in [9.17, 15) is 0 Å². The maximum atomic E-state index is 5.26. The molecule has 3 nitrogen and oxygen atoms in total. The molecule has 1 aromatic rings. The standard InChI is InChI=1S/C12H22N2OS/c1-5-15-7-6-13-8-10-9-14-11(16-10)12(2,3)4/h9,13H,5-8H2,1-4H3. The molecule has 1 N–H and O–H groups in total. The summed E-state index contributed by atoms with van der Waals surface area (Å²) in [6.07, 6.45) is 1.97. The molecule has 0 spiro atoms. The minimum absolute atomic E-state index is 0.161. The van der Waals surface area contributed by atoms with E-state index in [2.05, 4.69) is 31.1 Å². The number of thiazole rings is 1. The Hall–Kier alpha value is -0.450. The molecule has 0 fully saturated rings. The highest BCUT2D eigenvalue weighted by Crippen LogP contribution is 2.26. The largest absolute Gasteiger partial charge is 0.380 e. The van der Waals surface area contributed by atoms with Crippen molar-refractivity contribution in [3.8, 4) is 0 Å². The summed E-state index contributed by atoms with van der Waals surface area (Å²) in [5, 5.41) is 4.55. The van der Waals surface area contributed by atoms with Crippen molar-refractivity contribution < 1.29 is 4.74 Å². The van der Waals surface area contributed by atoms with Crippen molar-refractivity contribution in [3.05, 3.63) is 16.1 Å². The molecule has 0 radical (unpaired) electrons. The summed E-state index contributed by atoms with van der Waals surface area (Å²) in [7, 11) is 0. The normalized spacial score (nSPS) is 12.0. The molecule has 0 bridgehead atoms. The Bertz CT molecular complexity index is 304. The van der Waals surface area contributed by atoms with Gasteiger partial charge in [-0.2, -0.15) is 0 Å². The molecule has 1 heterocycles. The molecule has 0 atom stereocenters. The lowest BCUT2D eigenvalue weighted by atomic mass is 9.98. The second kappa shape index (κ2) is 6.33. The number of aromatic nitrogens is 1. The van der Waals surface area contributed by atoms with Crippen LogP contribution in [-0.2, 0) is 16.7 Å². The zero-order chi connectivity index (χ0) is 12.0. The van der Waals surface area contributed by atoms with Gasteiger partial charge in [-0.1, -0.05) is 20.8 Å². The minimum atomic E-state index is 0.161. The quantitative estimate of drug-likeness (QED) is 0.779. The first-order chi connectivity index (χ1) is 7.54. The Morgan fingerprint density at radius 2 is 2.19 bits per heavy atom. The smallest absolute Gasteiger partial charge is 0.0981 e. The van der Waals surface area contributed by atoms with Crippen LogP contribution in [0.2, 0.25) is 0 Å². The van der Waals surface area contributed by atoms with Gasteiger partial charge in [0.1, 0.15) is 0 Å². The van der Waals surface area contributed by atoms with Gasteiger partial charge in [0.25, 0.3) is 0 Å². The maximum absolute atomic E-state index is 5.26. The van der Waals surface area contributed by atoms with E-state index < -0.39 is 0 Å². The van der Waals surface area contributed by atoms with Gasteiger partial charge in [0.05, 0.1) is 11.6 Å². The van der Waals surface area contributed by atoms with E-state index in [4.69, 9.17) is 4.74 Å². The third kappa shape index (κ3) is 4.60. The van der Waals surface area contributed by atoms with Crippen LogP contribution in [-0.4, -0.2) is 24.7 Å². The SMILES string of the molecule is CCOCCNCc1cnc(C(C)(C)C)s1. The Morgan fingerprint density at radius 3 is 2.75 bits per heavy atom. The van der Waals surface area contributed by atoms with Gasteiger partial charge in [0, 0.05) is 36.2 Å². The van der Waals surface area contributed by atoms with Crippen molar-refractivity contribution in [2.45, 2.75) is 39.7 Å². The van der Waals surface area contributed by atoms with Crippen LogP contribution in [0, 0.1) is 0 Å². The van der Waals surface area contributed by atoms with Gasteiger partial charge in [-0.25, -0.2) is 4.98 Å². The average Bonchev–Trinajstić information content (AvgIpc) is 2.65. The molecule has 4 heteroatoms. The van der Waals surface area contributed by atoms with Crippen molar-refractivity contribution >= 4 is 11.3 Å². The van der Waals surface area contributed by atoms with E-state index in [-0.39, 0.29) is 5.41 Å². The molecule has 0 unspecified atom stereocenters. The Balaban J connectivity index is 2.30. The van der Waals surface area contributed by atoms with Crippen molar-refractivity contribution in [2.75, 3.05) is 19.8 Å². The molecule has 0 saturated heterocycles. The van der Waals surface area contributed by atoms with E-state index >= 15 is 0 Å². The highest BCUT2D eigenvalue weighted by molar-refractivity contribution is 7.11. The van der Waals surface area contributed by atoms with Crippen LogP contribution in [0.15, 0.2) is 6.20 Å². The van der Waals surface area contributed by atoms with E-state index in [0.717, 1.165) is 26.3 Å². The lowest BCUT2D eigenvalue weighted by Gasteiger charge is -2.13. The fourth-order valence-corrected chi connectivity index (χ4v) is 2.18. The van der Waals surface area contributed by atoms with Crippen LogP contribution in [0.1, 0.15) is 37.6 Å². The predicted octanol–water partition coefficient (Wildman–Crippen LogP) is 2.57. The predicted molar refractivity (Wildman–Crippen MR) is 69.0 cm³/mol. The first-order valence-electron chi connectivity index (χ1n) is 5.77.